The highest BCUT2D eigenvalue weighted by Gasteiger charge is 2.12. The molecule has 0 radical (unpaired) electrons. The molecule has 1 fully saturated rings. The second-order valence-electron chi connectivity index (χ2n) is 6.82. The van der Waals surface area contributed by atoms with Gasteiger partial charge in [-0.2, -0.15) is 0 Å². The van der Waals surface area contributed by atoms with E-state index in [9.17, 15) is 9.59 Å². The fourth-order valence-electron chi connectivity index (χ4n) is 3.18. The van der Waals surface area contributed by atoms with Crippen molar-refractivity contribution >= 4 is 17.7 Å². The highest BCUT2D eigenvalue weighted by molar-refractivity contribution is 5.94. The van der Waals surface area contributed by atoms with Gasteiger partial charge in [-0.15, -0.1) is 0 Å². The van der Waals surface area contributed by atoms with E-state index in [4.69, 9.17) is 9.84 Å². The summed E-state index contributed by atoms with van der Waals surface area (Å²) in [5.74, 6) is 0.140. The number of aromatic nitrogens is 1. The fraction of sp³-hybridized carbons (Fsp3) is 0.381. The van der Waals surface area contributed by atoms with Crippen LogP contribution in [-0.4, -0.2) is 41.7 Å². The monoisotopic (exact) mass is 383 g/mol. The molecular weight excluding hydrogens is 358 g/mol. The van der Waals surface area contributed by atoms with E-state index < -0.39 is 12.6 Å². The third-order valence-corrected chi connectivity index (χ3v) is 4.65. The van der Waals surface area contributed by atoms with Crippen molar-refractivity contribution in [2.75, 3.05) is 24.6 Å². The van der Waals surface area contributed by atoms with Crippen LogP contribution in [0.15, 0.2) is 42.6 Å². The Bertz CT molecular complexity index is 800. The Kier molecular flexibility index (Phi) is 6.84. The Balaban J connectivity index is 1.54. The van der Waals surface area contributed by atoms with E-state index in [-0.39, 0.29) is 5.91 Å². The minimum absolute atomic E-state index is 0.202. The Hall–Kier alpha value is -3.09. The lowest BCUT2D eigenvalue weighted by Gasteiger charge is -2.21. The highest BCUT2D eigenvalue weighted by Crippen LogP contribution is 2.18. The smallest absolute Gasteiger partial charge is 0.341 e. The normalized spacial score (nSPS) is 14.2. The summed E-state index contributed by atoms with van der Waals surface area (Å²) in [5, 5.41) is 11.5. The van der Waals surface area contributed by atoms with E-state index in [0.717, 1.165) is 24.5 Å². The number of nitrogens with zero attached hydrogens (tertiary/aromatic N) is 2. The van der Waals surface area contributed by atoms with Gasteiger partial charge < -0.3 is 20.1 Å². The molecule has 1 aromatic carbocycles. The average Bonchev–Trinajstić information content (AvgIpc) is 3.00. The molecule has 7 heteroatoms. The van der Waals surface area contributed by atoms with Gasteiger partial charge in [0, 0.05) is 25.8 Å². The van der Waals surface area contributed by atoms with Gasteiger partial charge >= 0.3 is 5.97 Å². The van der Waals surface area contributed by atoms with Crippen molar-refractivity contribution in [3.8, 4) is 5.75 Å². The van der Waals surface area contributed by atoms with Crippen LogP contribution in [0.4, 0.5) is 5.82 Å². The molecule has 0 saturated carbocycles. The van der Waals surface area contributed by atoms with Gasteiger partial charge in [-0.05, 0) is 42.7 Å². The molecule has 0 spiro atoms. The molecule has 0 unspecified atom stereocenters. The molecule has 1 aliphatic heterocycles. The predicted molar refractivity (Wildman–Crippen MR) is 106 cm³/mol. The molecule has 7 nitrogen and oxygen atoms in total. The number of pyridine rings is 1. The number of ether oxygens (including phenoxy) is 1. The number of nitrogens with one attached hydrogen (secondary N) is 1. The lowest BCUT2D eigenvalue weighted by atomic mass is 10.2. The van der Waals surface area contributed by atoms with E-state index in [1.165, 1.54) is 25.7 Å². The van der Waals surface area contributed by atoms with Crippen molar-refractivity contribution in [3.05, 3.63) is 53.7 Å². The number of rotatable bonds is 7. The second-order valence-corrected chi connectivity index (χ2v) is 6.82. The number of hydrogen-bond donors (Lipinski definition) is 2. The molecule has 0 bridgehead atoms. The molecule has 1 aliphatic rings. The van der Waals surface area contributed by atoms with Crippen molar-refractivity contribution < 1.29 is 19.4 Å². The number of aliphatic carboxylic acids is 1. The molecule has 1 saturated heterocycles. The van der Waals surface area contributed by atoms with Gasteiger partial charge in [0.1, 0.15) is 11.6 Å². The van der Waals surface area contributed by atoms with Gasteiger partial charge in [0.05, 0.1) is 5.56 Å². The maximum Gasteiger partial charge on any atom is 0.341 e. The SMILES string of the molecule is O=C(O)COc1cccc(CNC(=O)c2ccc(N3CCCCCC3)nc2)c1. The van der Waals surface area contributed by atoms with Crippen LogP contribution >= 0.6 is 0 Å². The summed E-state index contributed by atoms with van der Waals surface area (Å²) >= 11 is 0. The summed E-state index contributed by atoms with van der Waals surface area (Å²) in [7, 11) is 0. The minimum atomic E-state index is -1.03. The fourth-order valence-corrected chi connectivity index (χ4v) is 3.18. The molecule has 0 atom stereocenters. The van der Waals surface area contributed by atoms with E-state index in [1.54, 1.807) is 30.5 Å². The van der Waals surface area contributed by atoms with E-state index in [1.807, 2.05) is 12.1 Å². The largest absolute Gasteiger partial charge is 0.482 e. The average molecular weight is 383 g/mol. The standard InChI is InChI=1S/C21H25N3O4/c25-20(26)15-28-18-7-5-6-16(12-18)13-23-21(27)17-8-9-19(22-14-17)24-10-3-1-2-4-11-24/h5-9,12,14H,1-4,10-11,13,15H2,(H,23,27)(H,25,26). The van der Waals surface area contributed by atoms with Crippen molar-refractivity contribution in [1.82, 2.24) is 10.3 Å². The molecule has 148 valence electrons. The summed E-state index contributed by atoms with van der Waals surface area (Å²) in [4.78, 5) is 29.7. The van der Waals surface area contributed by atoms with Crippen molar-refractivity contribution in [1.29, 1.82) is 0 Å². The molecule has 2 aromatic rings. The summed E-state index contributed by atoms with van der Waals surface area (Å²) in [6, 6.07) is 10.7. The number of carboxylic acid groups (broad SMARTS) is 1. The number of carbonyl (C=O) groups is 2. The number of benzene rings is 1. The van der Waals surface area contributed by atoms with Gasteiger partial charge in [0.2, 0.25) is 0 Å². The molecule has 1 amide bonds. The van der Waals surface area contributed by atoms with Crippen LogP contribution in [0, 0.1) is 0 Å². The lowest BCUT2D eigenvalue weighted by Crippen LogP contribution is -2.26. The van der Waals surface area contributed by atoms with Gasteiger partial charge in [0.15, 0.2) is 6.61 Å². The predicted octanol–water partition coefficient (Wildman–Crippen LogP) is 2.86. The molecular formula is C21H25N3O4. The Morgan fingerprint density at radius 3 is 2.57 bits per heavy atom. The van der Waals surface area contributed by atoms with Gasteiger partial charge in [-0.1, -0.05) is 25.0 Å². The van der Waals surface area contributed by atoms with E-state index >= 15 is 0 Å². The highest BCUT2D eigenvalue weighted by atomic mass is 16.5. The first-order valence-electron chi connectivity index (χ1n) is 9.54. The van der Waals surface area contributed by atoms with E-state index in [2.05, 4.69) is 15.2 Å². The van der Waals surface area contributed by atoms with Crippen molar-refractivity contribution in [2.45, 2.75) is 32.2 Å². The number of anilines is 1. The Labute approximate surface area is 164 Å². The third-order valence-electron chi connectivity index (χ3n) is 4.65. The Morgan fingerprint density at radius 1 is 1.11 bits per heavy atom. The van der Waals surface area contributed by atoms with Crippen LogP contribution in [-0.2, 0) is 11.3 Å². The molecule has 28 heavy (non-hydrogen) atoms. The number of amides is 1. The summed E-state index contributed by atoms with van der Waals surface area (Å²) in [6.07, 6.45) is 6.50. The zero-order valence-electron chi connectivity index (χ0n) is 15.8. The van der Waals surface area contributed by atoms with Gasteiger partial charge in [-0.3, -0.25) is 4.79 Å². The topological polar surface area (TPSA) is 91.8 Å². The maximum atomic E-state index is 12.4. The number of hydrogen-bond acceptors (Lipinski definition) is 5. The van der Waals surface area contributed by atoms with Crippen LogP contribution in [0.2, 0.25) is 0 Å². The van der Waals surface area contributed by atoms with Crippen molar-refractivity contribution in [2.24, 2.45) is 0 Å². The minimum Gasteiger partial charge on any atom is -0.482 e. The maximum absolute atomic E-state index is 12.4. The third kappa shape index (κ3) is 5.70. The summed E-state index contributed by atoms with van der Waals surface area (Å²) in [6.45, 7) is 1.94. The summed E-state index contributed by atoms with van der Waals surface area (Å²) < 4.78 is 5.15. The number of carbonyl (C=O) groups excluding carboxylic acids is 1. The van der Waals surface area contributed by atoms with Gasteiger partial charge in [-0.25, -0.2) is 9.78 Å². The second kappa shape index (κ2) is 9.73. The first kappa shape index (κ1) is 19.7. The Morgan fingerprint density at radius 2 is 1.89 bits per heavy atom. The van der Waals surface area contributed by atoms with Crippen molar-refractivity contribution in [3.63, 3.8) is 0 Å². The molecule has 2 heterocycles. The summed E-state index contributed by atoms with van der Waals surface area (Å²) in [5.41, 5.74) is 1.34. The van der Waals surface area contributed by atoms with Crippen LogP contribution in [0.5, 0.6) is 5.75 Å². The number of carboxylic acids is 1. The van der Waals surface area contributed by atoms with Crippen LogP contribution in [0.1, 0.15) is 41.6 Å². The van der Waals surface area contributed by atoms with Crippen LogP contribution in [0.25, 0.3) is 0 Å². The molecule has 2 N–H and O–H groups in total. The first-order chi connectivity index (χ1) is 13.6. The van der Waals surface area contributed by atoms with Gasteiger partial charge in [0.25, 0.3) is 5.91 Å². The lowest BCUT2D eigenvalue weighted by molar-refractivity contribution is -0.139. The zero-order valence-corrected chi connectivity index (χ0v) is 15.8. The zero-order chi connectivity index (χ0) is 19.8. The van der Waals surface area contributed by atoms with Crippen LogP contribution < -0.4 is 15.0 Å². The molecule has 0 aliphatic carbocycles. The molecule has 1 aromatic heterocycles. The van der Waals surface area contributed by atoms with E-state index in [0.29, 0.717) is 17.9 Å². The first-order valence-corrected chi connectivity index (χ1v) is 9.54. The van der Waals surface area contributed by atoms with Crippen LogP contribution in [0.3, 0.4) is 0 Å². The molecule has 3 rings (SSSR count). The quantitative estimate of drug-likeness (QED) is 0.764.